The van der Waals surface area contributed by atoms with Crippen molar-refractivity contribution < 1.29 is 4.74 Å². The van der Waals surface area contributed by atoms with E-state index in [0.717, 1.165) is 11.0 Å². The zero-order valence-electron chi connectivity index (χ0n) is 10.00. The van der Waals surface area contributed by atoms with Gasteiger partial charge >= 0.3 is 0 Å². The van der Waals surface area contributed by atoms with E-state index < -0.39 is 0 Å². The Morgan fingerprint density at radius 2 is 2.06 bits per heavy atom. The van der Waals surface area contributed by atoms with Crippen LogP contribution in [0.15, 0.2) is 28.7 Å². The second-order valence-electron chi connectivity index (χ2n) is 3.67. The van der Waals surface area contributed by atoms with Crippen LogP contribution < -0.4 is 10.6 Å². The van der Waals surface area contributed by atoms with Crippen LogP contribution in [0, 0.1) is 0 Å². The Hall–Kier alpha value is -0.650. The summed E-state index contributed by atoms with van der Waals surface area (Å²) in [4.78, 5) is 0. The third kappa shape index (κ3) is 5.48. The molecule has 3 nitrogen and oxygen atoms in total. The van der Waals surface area contributed by atoms with Crippen LogP contribution >= 0.6 is 28.1 Å². The summed E-state index contributed by atoms with van der Waals surface area (Å²) in [6, 6.07) is 8.37. The molecule has 1 atom stereocenters. The van der Waals surface area contributed by atoms with E-state index >= 15 is 0 Å². The molecule has 94 valence electrons. The van der Waals surface area contributed by atoms with Crippen LogP contribution in [0.4, 0.5) is 0 Å². The SMILES string of the molecule is COCCNC(=S)N[C@H](C)c1ccc(Br)cc1. The molecule has 0 amide bonds. The largest absolute Gasteiger partial charge is 0.383 e. The molecule has 0 unspecified atom stereocenters. The van der Waals surface area contributed by atoms with Gasteiger partial charge in [0, 0.05) is 18.1 Å². The lowest BCUT2D eigenvalue weighted by Crippen LogP contribution is -2.38. The third-order valence-corrected chi connectivity index (χ3v) is 3.10. The number of ether oxygens (including phenoxy) is 1. The van der Waals surface area contributed by atoms with Gasteiger partial charge in [-0.25, -0.2) is 0 Å². The van der Waals surface area contributed by atoms with E-state index in [-0.39, 0.29) is 6.04 Å². The number of hydrogen-bond donors (Lipinski definition) is 2. The van der Waals surface area contributed by atoms with Gasteiger partial charge in [-0.3, -0.25) is 0 Å². The number of rotatable bonds is 5. The summed E-state index contributed by atoms with van der Waals surface area (Å²) in [6.07, 6.45) is 0. The molecule has 2 N–H and O–H groups in total. The van der Waals surface area contributed by atoms with Crippen LogP contribution in [0.3, 0.4) is 0 Å². The molecule has 0 saturated heterocycles. The molecule has 17 heavy (non-hydrogen) atoms. The first-order chi connectivity index (χ1) is 8.13. The molecule has 0 aliphatic rings. The van der Waals surface area contributed by atoms with E-state index in [1.165, 1.54) is 5.56 Å². The van der Waals surface area contributed by atoms with Gasteiger partial charge in [-0.1, -0.05) is 28.1 Å². The summed E-state index contributed by atoms with van der Waals surface area (Å²) in [6.45, 7) is 3.44. The quantitative estimate of drug-likeness (QED) is 0.646. The van der Waals surface area contributed by atoms with Gasteiger partial charge in [0.05, 0.1) is 12.6 Å². The van der Waals surface area contributed by atoms with E-state index in [0.29, 0.717) is 11.7 Å². The van der Waals surface area contributed by atoms with Crippen molar-refractivity contribution in [3.63, 3.8) is 0 Å². The molecule has 0 aromatic heterocycles. The normalized spacial score (nSPS) is 11.9. The maximum Gasteiger partial charge on any atom is 0.166 e. The predicted molar refractivity (Wildman–Crippen MR) is 78.2 cm³/mol. The van der Waals surface area contributed by atoms with Crippen molar-refractivity contribution >= 4 is 33.3 Å². The molecular formula is C12H17BrN2OS. The molecule has 0 bridgehead atoms. The van der Waals surface area contributed by atoms with Crippen molar-refractivity contribution in [1.82, 2.24) is 10.6 Å². The maximum atomic E-state index is 5.18. The van der Waals surface area contributed by atoms with Crippen molar-refractivity contribution in [3.8, 4) is 0 Å². The number of hydrogen-bond acceptors (Lipinski definition) is 2. The lowest BCUT2D eigenvalue weighted by atomic mass is 10.1. The highest BCUT2D eigenvalue weighted by molar-refractivity contribution is 9.10. The highest BCUT2D eigenvalue weighted by atomic mass is 79.9. The Bertz CT molecular complexity index is 356. The van der Waals surface area contributed by atoms with Crippen molar-refractivity contribution in [3.05, 3.63) is 34.3 Å². The van der Waals surface area contributed by atoms with Crippen LogP contribution in [0.25, 0.3) is 0 Å². The summed E-state index contributed by atoms with van der Waals surface area (Å²) in [5.41, 5.74) is 1.20. The van der Waals surface area contributed by atoms with E-state index in [1.807, 2.05) is 12.1 Å². The highest BCUT2D eigenvalue weighted by Crippen LogP contribution is 2.16. The Labute approximate surface area is 116 Å². The smallest absolute Gasteiger partial charge is 0.166 e. The summed E-state index contributed by atoms with van der Waals surface area (Å²) in [7, 11) is 1.67. The van der Waals surface area contributed by atoms with Gasteiger partial charge in [-0.05, 0) is 36.8 Å². The molecule has 0 aliphatic carbocycles. The molecule has 0 fully saturated rings. The fraction of sp³-hybridized carbons (Fsp3) is 0.417. The van der Waals surface area contributed by atoms with Crippen molar-refractivity contribution in [2.45, 2.75) is 13.0 Å². The number of halogens is 1. The van der Waals surface area contributed by atoms with Crippen LogP contribution in [0.5, 0.6) is 0 Å². The zero-order valence-corrected chi connectivity index (χ0v) is 12.4. The van der Waals surface area contributed by atoms with Gasteiger partial charge in [0.25, 0.3) is 0 Å². The molecule has 1 aromatic carbocycles. The average molecular weight is 317 g/mol. The summed E-state index contributed by atoms with van der Waals surface area (Å²) < 4.78 is 6.02. The Balaban J connectivity index is 2.40. The van der Waals surface area contributed by atoms with Crippen LogP contribution in [0.2, 0.25) is 0 Å². The Morgan fingerprint density at radius 3 is 2.65 bits per heavy atom. The number of benzene rings is 1. The van der Waals surface area contributed by atoms with Crippen molar-refractivity contribution in [2.75, 3.05) is 20.3 Å². The van der Waals surface area contributed by atoms with Crippen molar-refractivity contribution in [1.29, 1.82) is 0 Å². The van der Waals surface area contributed by atoms with Gasteiger partial charge < -0.3 is 15.4 Å². The first-order valence-corrected chi connectivity index (χ1v) is 6.62. The minimum absolute atomic E-state index is 0.186. The van der Waals surface area contributed by atoms with E-state index in [9.17, 15) is 0 Å². The molecule has 0 heterocycles. The van der Waals surface area contributed by atoms with E-state index in [2.05, 4.69) is 45.6 Å². The molecular weight excluding hydrogens is 300 g/mol. The van der Waals surface area contributed by atoms with Crippen molar-refractivity contribution in [2.24, 2.45) is 0 Å². The molecule has 5 heteroatoms. The maximum absolute atomic E-state index is 5.18. The second-order valence-corrected chi connectivity index (χ2v) is 4.99. The van der Waals surface area contributed by atoms with Crippen LogP contribution in [-0.4, -0.2) is 25.4 Å². The molecule has 1 rings (SSSR count). The Morgan fingerprint density at radius 1 is 1.41 bits per heavy atom. The van der Waals surface area contributed by atoms with Gasteiger partial charge in [0.15, 0.2) is 5.11 Å². The van der Waals surface area contributed by atoms with E-state index in [4.69, 9.17) is 17.0 Å². The zero-order chi connectivity index (χ0) is 12.7. The van der Waals surface area contributed by atoms with E-state index in [1.54, 1.807) is 7.11 Å². The van der Waals surface area contributed by atoms with Crippen LogP contribution in [0.1, 0.15) is 18.5 Å². The first kappa shape index (κ1) is 14.4. The van der Waals surface area contributed by atoms with Gasteiger partial charge in [0.1, 0.15) is 0 Å². The monoisotopic (exact) mass is 316 g/mol. The molecule has 0 aliphatic heterocycles. The lowest BCUT2D eigenvalue weighted by molar-refractivity contribution is 0.204. The predicted octanol–water partition coefficient (Wildman–Crippen LogP) is 2.62. The fourth-order valence-corrected chi connectivity index (χ4v) is 1.89. The molecule has 1 aromatic rings. The average Bonchev–Trinajstić information content (AvgIpc) is 2.30. The molecule has 0 spiro atoms. The minimum atomic E-state index is 0.186. The fourth-order valence-electron chi connectivity index (χ4n) is 1.35. The molecule has 0 radical (unpaired) electrons. The topological polar surface area (TPSA) is 33.3 Å². The second kappa shape index (κ2) is 7.63. The van der Waals surface area contributed by atoms with Gasteiger partial charge in [-0.15, -0.1) is 0 Å². The highest BCUT2D eigenvalue weighted by Gasteiger charge is 2.06. The number of nitrogens with one attached hydrogen (secondary N) is 2. The van der Waals surface area contributed by atoms with Gasteiger partial charge in [-0.2, -0.15) is 0 Å². The standard InChI is InChI=1S/C12H17BrN2OS/c1-9(10-3-5-11(13)6-4-10)15-12(17)14-7-8-16-2/h3-6,9H,7-8H2,1-2H3,(H2,14,15,17)/t9-/m1/s1. The minimum Gasteiger partial charge on any atom is -0.383 e. The Kier molecular flexibility index (Phi) is 6.47. The number of methoxy groups -OCH3 is 1. The third-order valence-electron chi connectivity index (χ3n) is 2.31. The molecule has 0 saturated carbocycles. The van der Waals surface area contributed by atoms with Crippen LogP contribution in [-0.2, 0) is 4.74 Å². The summed E-state index contributed by atoms with van der Waals surface area (Å²) in [5, 5.41) is 6.96. The first-order valence-electron chi connectivity index (χ1n) is 5.42. The summed E-state index contributed by atoms with van der Waals surface area (Å²) in [5.74, 6) is 0. The summed E-state index contributed by atoms with van der Waals surface area (Å²) >= 11 is 8.60. The lowest BCUT2D eigenvalue weighted by Gasteiger charge is -2.17. The number of thiocarbonyl (C=S) groups is 1. The van der Waals surface area contributed by atoms with Gasteiger partial charge in [0.2, 0.25) is 0 Å².